The first-order valence-electron chi connectivity index (χ1n) is 6.50. The molecule has 3 aromatic rings. The molecule has 0 N–H and O–H groups in total. The van der Waals surface area contributed by atoms with E-state index in [1.807, 2.05) is 0 Å². The maximum absolute atomic E-state index is 12.2. The number of aryl methyl sites for hydroxylation is 1. The van der Waals surface area contributed by atoms with Crippen LogP contribution in [0, 0.1) is 6.92 Å². The molecule has 22 heavy (non-hydrogen) atoms. The molecular formula is C16H12O5S. The highest BCUT2D eigenvalue weighted by Crippen LogP contribution is 2.25. The molecule has 0 aliphatic heterocycles. The van der Waals surface area contributed by atoms with Gasteiger partial charge in [-0.2, -0.15) is 8.42 Å². The van der Waals surface area contributed by atoms with Gasteiger partial charge in [0.05, 0.1) is 0 Å². The van der Waals surface area contributed by atoms with Gasteiger partial charge in [-0.15, -0.1) is 0 Å². The Balaban J connectivity index is 2.03. The Morgan fingerprint density at radius 2 is 1.73 bits per heavy atom. The molecular weight excluding hydrogens is 304 g/mol. The Morgan fingerprint density at radius 3 is 2.45 bits per heavy atom. The van der Waals surface area contributed by atoms with Crippen LogP contribution in [0.4, 0.5) is 0 Å². The van der Waals surface area contributed by atoms with E-state index < -0.39 is 15.7 Å². The molecule has 2 aromatic carbocycles. The molecule has 3 rings (SSSR count). The van der Waals surface area contributed by atoms with E-state index in [-0.39, 0.29) is 10.6 Å². The quantitative estimate of drug-likeness (QED) is 0.549. The van der Waals surface area contributed by atoms with E-state index in [1.54, 1.807) is 25.1 Å². The van der Waals surface area contributed by atoms with Crippen LogP contribution < -0.4 is 9.81 Å². The second kappa shape index (κ2) is 5.31. The van der Waals surface area contributed by atoms with E-state index in [0.29, 0.717) is 16.5 Å². The summed E-state index contributed by atoms with van der Waals surface area (Å²) >= 11 is 0. The minimum absolute atomic E-state index is 0.0754. The lowest BCUT2D eigenvalue weighted by molar-refractivity contribution is 0.486. The molecule has 112 valence electrons. The molecule has 0 radical (unpaired) electrons. The summed E-state index contributed by atoms with van der Waals surface area (Å²) in [4.78, 5) is 11.4. The van der Waals surface area contributed by atoms with Crippen molar-refractivity contribution in [1.29, 1.82) is 0 Å². The molecule has 0 aliphatic rings. The summed E-state index contributed by atoms with van der Waals surface area (Å²) in [6.45, 7) is 1.74. The zero-order valence-electron chi connectivity index (χ0n) is 11.6. The summed E-state index contributed by atoms with van der Waals surface area (Å²) in [5.74, 6) is 0.160. The summed E-state index contributed by atoms with van der Waals surface area (Å²) in [6.07, 6.45) is 0. The predicted molar refractivity (Wildman–Crippen MR) is 81.5 cm³/mol. The first-order valence-corrected chi connectivity index (χ1v) is 7.90. The molecule has 0 aliphatic carbocycles. The van der Waals surface area contributed by atoms with Crippen molar-refractivity contribution in [2.24, 2.45) is 0 Å². The van der Waals surface area contributed by atoms with Crippen molar-refractivity contribution < 1.29 is 17.0 Å². The van der Waals surface area contributed by atoms with Gasteiger partial charge in [-0.25, -0.2) is 4.79 Å². The normalized spacial score (nSPS) is 11.5. The van der Waals surface area contributed by atoms with Gasteiger partial charge in [0, 0.05) is 11.5 Å². The van der Waals surface area contributed by atoms with Crippen LogP contribution in [-0.4, -0.2) is 8.42 Å². The average molecular weight is 316 g/mol. The smallest absolute Gasteiger partial charge is 0.339 e. The standard InChI is InChI=1S/C16H12O5S/c1-11-9-16(17)20-15-8-7-12(10-14(11)15)21-22(18,19)13-5-3-2-4-6-13/h2-10H,1H3. The SMILES string of the molecule is Cc1cc(=O)oc2ccc(OS(=O)(=O)c3ccccc3)cc12. The molecule has 0 amide bonds. The van der Waals surface area contributed by atoms with Gasteiger partial charge >= 0.3 is 15.7 Å². The topological polar surface area (TPSA) is 73.6 Å². The van der Waals surface area contributed by atoms with Crippen molar-refractivity contribution in [3.63, 3.8) is 0 Å². The average Bonchev–Trinajstić information content (AvgIpc) is 2.48. The van der Waals surface area contributed by atoms with Gasteiger partial charge in [-0.05, 0) is 42.8 Å². The summed E-state index contributed by atoms with van der Waals surface area (Å²) in [5, 5.41) is 0.625. The first-order chi connectivity index (χ1) is 10.5. The summed E-state index contributed by atoms with van der Waals surface area (Å²) < 4.78 is 34.5. The molecule has 0 fully saturated rings. The van der Waals surface area contributed by atoms with Crippen LogP contribution in [0.25, 0.3) is 11.0 Å². The largest absolute Gasteiger partial charge is 0.423 e. The molecule has 6 heteroatoms. The van der Waals surface area contributed by atoms with E-state index >= 15 is 0 Å². The molecule has 0 unspecified atom stereocenters. The van der Waals surface area contributed by atoms with Crippen molar-refractivity contribution in [3.8, 4) is 5.75 Å². The van der Waals surface area contributed by atoms with E-state index in [2.05, 4.69) is 0 Å². The fraction of sp³-hybridized carbons (Fsp3) is 0.0625. The highest BCUT2D eigenvalue weighted by molar-refractivity contribution is 7.87. The Kier molecular flexibility index (Phi) is 3.46. The Morgan fingerprint density at radius 1 is 1.00 bits per heavy atom. The third-order valence-corrected chi connectivity index (χ3v) is 4.42. The minimum atomic E-state index is -3.90. The van der Waals surface area contributed by atoms with Crippen LogP contribution in [0.5, 0.6) is 5.75 Å². The molecule has 0 saturated heterocycles. The molecule has 0 bridgehead atoms. The van der Waals surface area contributed by atoms with Crippen LogP contribution in [0.15, 0.2) is 68.7 Å². The Labute approximate surface area is 126 Å². The maximum Gasteiger partial charge on any atom is 0.339 e. The fourth-order valence-corrected chi connectivity index (χ4v) is 3.06. The molecule has 1 aromatic heterocycles. The van der Waals surface area contributed by atoms with Crippen LogP contribution in [0.2, 0.25) is 0 Å². The maximum atomic E-state index is 12.2. The fourth-order valence-electron chi connectivity index (χ4n) is 2.11. The van der Waals surface area contributed by atoms with Gasteiger partial charge in [0.25, 0.3) is 0 Å². The summed E-state index contributed by atoms with van der Waals surface area (Å²) in [6, 6.07) is 13.7. The third kappa shape index (κ3) is 2.73. The van der Waals surface area contributed by atoms with E-state index in [0.717, 1.165) is 0 Å². The van der Waals surface area contributed by atoms with Crippen LogP contribution in [0.1, 0.15) is 5.56 Å². The van der Waals surface area contributed by atoms with Gasteiger partial charge in [0.15, 0.2) is 0 Å². The molecule has 5 nitrogen and oxygen atoms in total. The van der Waals surface area contributed by atoms with Gasteiger partial charge in [0.2, 0.25) is 0 Å². The number of benzene rings is 2. The number of hydrogen-bond donors (Lipinski definition) is 0. The molecule has 1 heterocycles. The van der Waals surface area contributed by atoms with Crippen molar-refractivity contribution in [1.82, 2.24) is 0 Å². The molecule has 0 saturated carbocycles. The van der Waals surface area contributed by atoms with E-state index in [4.69, 9.17) is 8.60 Å². The predicted octanol–water partition coefficient (Wildman–Crippen LogP) is 2.87. The van der Waals surface area contributed by atoms with Crippen LogP contribution in [0.3, 0.4) is 0 Å². The number of hydrogen-bond acceptors (Lipinski definition) is 5. The highest BCUT2D eigenvalue weighted by Gasteiger charge is 2.16. The minimum Gasteiger partial charge on any atom is -0.423 e. The molecule has 0 spiro atoms. The Hall–Kier alpha value is -2.60. The van der Waals surface area contributed by atoms with Crippen molar-refractivity contribution in [2.75, 3.05) is 0 Å². The van der Waals surface area contributed by atoms with Gasteiger partial charge in [0.1, 0.15) is 16.2 Å². The third-order valence-electron chi connectivity index (χ3n) is 3.16. The lowest BCUT2D eigenvalue weighted by atomic mass is 10.1. The zero-order valence-corrected chi connectivity index (χ0v) is 12.5. The van der Waals surface area contributed by atoms with E-state index in [9.17, 15) is 13.2 Å². The monoisotopic (exact) mass is 316 g/mol. The van der Waals surface area contributed by atoms with Crippen LogP contribution in [-0.2, 0) is 10.1 Å². The molecule has 0 atom stereocenters. The highest BCUT2D eigenvalue weighted by atomic mass is 32.2. The zero-order chi connectivity index (χ0) is 15.7. The van der Waals surface area contributed by atoms with Gasteiger partial charge in [-0.1, -0.05) is 18.2 Å². The first kappa shape index (κ1) is 14.3. The van der Waals surface area contributed by atoms with Crippen molar-refractivity contribution in [2.45, 2.75) is 11.8 Å². The van der Waals surface area contributed by atoms with E-state index in [1.165, 1.54) is 36.4 Å². The lowest BCUT2D eigenvalue weighted by Gasteiger charge is -2.08. The number of rotatable bonds is 3. The van der Waals surface area contributed by atoms with Gasteiger partial charge in [-0.3, -0.25) is 0 Å². The second-order valence-electron chi connectivity index (χ2n) is 4.76. The summed E-state index contributed by atoms with van der Waals surface area (Å²) in [5.41, 5.74) is 0.624. The lowest BCUT2D eigenvalue weighted by Crippen LogP contribution is -2.09. The Bertz CT molecular complexity index is 988. The van der Waals surface area contributed by atoms with Crippen molar-refractivity contribution in [3.05, 3.63) is 70.6 Å². The van der Waals surface area contributed by atoms with Crippen molar-refractivity contribution >= 4 is 21.1 Å². The number of fused-ring (bicyclic) bond motifs is 1. The summed E-state index contributed by atoms with van der Waals surface area (Å²) in [7, 11) is -3.90. The second-order valence-corrected chi connectivity index (χ2v) is 6.30. The van der Waals surface area contributed by atoms with Crippen LogP contribution >= 0.6 is 0 Å². The van der Waals surface area contributed by atoms with Gasteiger partial charge < -0.3 is 8.60 Å².